The van der Waals surface area contributed by atoms with E-state index in [9.17, 15) is 9.59 Å². The topological polar surface area (TPSA) is 79.5 Å². The SMILES string of the molecule is CCCCCCCCCCCCCCCC(=O)NC(NC(=S)Nc1ccccc1C(=O)OC)C(Cl)(Cl)Cl. The Labute approximate surface area is 242 Å². The number of esters is 1. The number of thiocarbonyl (C=S) groups is 1. The summed E-state index contributed by atoms with van der Waals surface area (Å²) in [6, 6.07) is 6.70. The summed E-state index contributed by atoms with van der Waals surface area (Å²) in [6.45, 7) is 2.25. The smallest absolute Gasteiger partial charge is 0.339 e. The molecule has 3 N–H and O–H groups in total. The van der Waals surface area contributed by atoms with Crippen LogP contribution in [0.3, 0.4) is 0 Å². The average Bonchev–Trinajstić information content (AvgIpc) is 2.85. The average molecular weight is 595 g/mol. The largest absolute Gasteiger partial charge is 0.465 e. The summed E-state index contributed by atoms with van der Waals surface area (Å²) in [5.74, 6) is -0.750. The van der Waals surface area contributed by atoms with Gasteiger partial charge in [0.15, 0.2) is 5.11 Å². The van der Waals surface area contributed by atoms with Gasteiger partial charge in [-0.3, -0.25) is 4.79 Å². The first-order chi connectivity index (χ1) is 17.7. The molecule has 0 fully saturated rings. The van der Waals surface area contributed by atoms with E-state index in [1.165, 1.54) is 71.3 Å². The van der Waals surface area contributed by atoms with Crippen molar-refractivity contribution in [2.45, 2.75) is 107 Å². The van der Waals surface area contributed by atoms with Gasteiger partial charge in [-0.2, -0.15) is 0 Å². The summed E-state index contributed by atoms with van der Waals surface area (Å²) in [5, 5.41) is 8.48. The fourth-order valence-corrected chi connectivity index (χ4v) is 4.46. The Morgan fingerprint density at radius 3 is 1.89 bits per heavy atom. The van der Waals surface area contributed by atoms with E-state index < -0.39 is 15.9 Å². The van der Waals surface area contributed by atoms with Crippen LogP contribution >= 0.6 is 47.0 Å². The molecule has 1 aromatic rings. The summed E-state index contributed by atoms with van der Waals surface area (Å²) in [6.07, 6.45) is 15.3. The summed E-state index contributed by atoms with van der Waals surface area (Å²) < 4.78 is 2.93. The highest BCUT2D eigenvalue weighted by Crippen LogP contribution is 2.29. The van der Waals surface area contributed by atoms with E-state index in [4.69, 9.17) is 51.8 Å². The lowest BCUT2D eigenvalue weighted by Crippen LogP contribution is -2.56. The van der Waals surface area contributed by atoms with E-state index in [2.05, 4.69) is 22.9 Å². The molecule has 37 heavy (non-hydrogen) atoms. The van der Waals surface area contributed by atoms with Crippen LogP contribution in [-0.4, -0.2) is 34.1 Å². The second kappa shape index (κ2) is 19.7. The molecule has 0 aliphatic carbocycles. The Morgan fingerprint density at radius 1 is 0.865 bits per heavy atom. The number of carbonyl (C=O) groups is 2. The Balaban J connectivity index is 2.31. The lowest BCUT2D eigenvalue weighted by atomic mass is 10.0. The second-order valence-corrected chi connectivity index (χ2v) is 11.9. The molecule has 0 heterocycles. The molecule has 1 unspecified atom stereocenters. The Bertz CT molecular complexity index is 822. The number of ether oxygens (including phenoxy) is 1. The summed E-state index contributed by atoms with van der Waals surface area (Å²) in [7, 11) is 1.29. The van der Waals surface area contributed by atoms with Crippen molar-refractivity contribution in [1.82, 2.24) is 10.6 Å². The summed E-state index contributed by atoms with van der Waals surface area (Å²) in [4.78, 5) is 24.4. The van der Waals surface area contributed by atoms with Gasteiger partial charge in [-0.1, -0.05) is 131 Å². The van der Waals surface area contributed by atoms with Gasteiger partial charge in [0.2, 0.25) is 9.70 Å². The minimum atomic E-state index is -1.85. The van der Waals surface area contributed by atoms with E-state index in [0.29, 0.717) is 17.7 Å². The van der Waals surface area contributed by atoms with Crippen LogP contribution in [0.15, 0.2) is 24.3 Å². The number of nitrogens with one attached hydrogen (secondary N) is 3. The van der Waals surface area contributed by atoms with Crippen LogP contribution in [0.5, 0.6) is 0 Å². The normalized spacial score (nSPS) is 12.0. The molecule has 0 radical (unpaired) electrons. The Morgan fingerprint density at radius 2 is 1.38 bits per heavy atom. The standard InChI is InChI=1S/C27H42Cl3N3O3S/c1-3-4-5-6-7-8-9-10-11-12-13-14-15-20-23(34)32-25(27(28,29)30)33-26(37)31-22-19-17-16-18-21(22)24(35)36-2/h16-19,25H,3-15,20H2,1-2H3,(H,32,34)(H2,31,33,37). The van der Waals surface area contributed by atoms with Gasteiger partial charge < -0.3 is 20.7 Å². The number of methoxy groups -OCH3 is 1. The van der Waals surface area contributed by atoms with Gasteiger partial charge in [-0.15, -0.1) is 0 Å². The number of carbonyl (C=O) groups excluding carboxylic acids is 2. The van der Waals surface area contributed by atoms with Gasteiger partial charge >= 0.3 is 5.97 Å². The fourth-order valence-electron chi connectivity index (χ4n) is 3.91. The van der Waals surface area contributed by atoms with E-state index in [1.54, 1.807) is 24.3 Å². The van der Waals surface area contributed by atoms with Gasteiger partial charge in [0.25, 0.3) is 0 Å². The van der Waals surface area contributed by atoms with Crippen LogP contribution in [0.1, 0.15) is 107 Å². The van der Waals surface area contributed by atoms with E-state index >= 15 is 0 Å². The molecule has 10 heteroatoms. The van der Waals surface area contributed by atoms with Crippen LogP contribution in [0.25, 0.3) is 0 Å². The fraction of sp³-hybridized carbons (Fsp3) is 0.667. The van der Waals surface area contributed by atoms with Crippen LogP contribution in [-0.2, 0) is 9.53 Å². The molecular formula is C27H42Cl3N3O3S. The molecule has 210 valence electrons. The minimum absolute atomic E-state index is 0.0777. The third kappa shape index (κ3) is 15.7. The molecule has 0 aliphatic heterocycles. The Kier molecular flexibility index (Phi) is 18.0. The van der Waals surface area contributed by atoms with E-state index in [1.807, 2.05) is 0 Å². The third-order valence-electron chi connectivity index (χ3n) is 6.00. The van der Waals surface area contributed by atoms with Gasteiger partial charge in [-0.05, 0) is 30.8 Å². The maximum Gasteiger partial charge on any atom is 0.339 e. The van der Waals surface area contributed by atoms with Crippen molar-refractivity contribution in [2.24, 2.45) is 0 Å². The molecular weight excluding hydrogens is 553 g/mol. The van der Waals surface area contributed by atoms with Gasteiger partial charge in [-0.25, -0.2) is 4.79 Å². The van der Waals surface area contributed by atoms with Crippen molar-refractivity contribution in [2.75, 3.05) is 12.4 Å². The highest BCUT2D eigenvalue weighted by Gasteiger charge is 2.34. The number of unbranched alkanes of at least 4 members (excludes halogenated alkanes) is 12. The number of halogens is 3. The van der Waals surface area contributed by atoms with Crippen LogP contribution in [0.4, 0.5) is 5.69 Å². The molecule has 1 aromatic carbocycles. The molecule has 1 amide bonds. The maximum atomic E-state index is 12.5. The van der Waals surface area contributed by atoms with E-state index in [0.717, 1.165) is 19.3 Å². The van der Waals surface area contributed by atoms with Crippen LogP contribution < -0.4 is 16.0 Å². The lowest BCUT2D eigenvalue weighted by molar-refractivity contribution is -0.122. The molecule has 0 bridgehead atoms. The zero-order chi connectivity index (χ0) is 27.5. The van der Waals surface area contributed by atoms with Crippen molar-refractivity contribution in [3.05, 3.63) is 29.8 Å². The second-order valence-electron chi connectivity index (χ2n) is 9.17. The van der Waals surface area contributed by atoms with Crippen molar-refractivity contribution < 1.29 is 14.3 Å². The number of amides is 1. The molecule has 1 rings (SSSR count). The molecule has 1 atom stereocenters. The lowest BCUT2D eigenvalue weighted by Gasteiger charge is -2.28. The first-order valence-corrected chi connectivity index (χ1v) is 14.8. The minimum Gasteiger partial charge on any atom is -0.465 e. The monoisotopic (exact) mass is 593 g/mol. The molecule has 0 aromatic heterocycles. The zero-order valence-corrected chi connectivity index (χ0v) is 25.1. The number of hydrogen-bond acceptors (Lipinski definition) is 4. The van der Waals surface area contributed by atoms with Crippen LogP contribution in [0, 0.1) is 0 Å². The number of hydrogen-bond donors (Lipinski definition) is 3. The number of rotatable bonds is 18. The van der Waals surface area contributed by atoms with Crippen molar-refractivity contribution in [3.8, 4) is 0 Å². The van der Waals surface area contributed by atoms with E-state index in [-0.39, 0.29) is 11.0 Å². The number of para-hydroxylation sites is 1. The number of anilines is 1. The molecule has 0 saturated heterocycles. The first kappa shape index (κ1) is 33.7. The summed E-state index contributed by atoms with van der Waals surface area (Å²) in [5.41, 5.74) is 0.722. The molecule has 0 spiro atoms. The van der Waals surface area contributed by atoms with Gasteiger partial charge in [0.1, 0.15) is 6.17 Å². The number of alkyl halides is 3. The quantitative estimate of drug-likeness (QED) is 0.0525. The zero-order valence-electron chi connectivity index (χ0n) is 22.1. The number of benzene rings is 1. The van der Waals surface area contributed by atoms with Crippen molar-refractivity contribution >= 4 is 69.7 Å². The van der Waals surface area contributed by atoms with Gasteiger partial charge in [0.05, 0.1) is 18.4 Å². The van der Waals surface area contributed by atoms with Crippen molar-refractivity contribution in [3.63, 3.8) is 0 Å². The molecule has 0 aliphatic rings. The molecule has 0 saturated carbocycles. The first-order valence-electron chi connectivity index (χ1n) is 13.3. The molecule has 6 nitrogen and oxygen atoms in total. The summed E-state index contributed by atoms with van der Waals surface area (Å²) >= 11 is 23.5. The van der Waals surface area contributed by atoms with Gasteiger partial charge in [0, 0.05) is 6.42 Å². The Hall–Kier alpha value is -1.28. The maximum absolute atomic E-state index is 12.5. The van der Waals surface area contributed by atoms with Crippen molar-refractivity contribution in [1.29, 1.82) is 0 Å². The highest BCUT2D eigenvalue weighted by atomic mass is 35.6. The van der Waals surface area contributed by atoms with Crippen LogP contribution in [0.2, 0.25) is 0 Å². The predicted molar refractivity (Wildman–Crippen MR) is 160 cm³/mol. The third-order valence-corrected chi connectivity index (χ3v) is 6.87. The predicted octanol–water partition coefficient (Wildman–Crippen LogP) is 8.05. The highest BCUT2D eigenvalue weighted by molar-refractivity contribution is 7.80.